The summed E-state index contributed by atoms with van der Waals surface area (Å²) < 4.78 is 5.48. The molecule has 2 aliphatic rings. The van der Waals surface area contributed by atoms with Crippen molar-refractivity contribution in [1.82, 2.24) is 14.9 Å². The first-order valence-electron chi connectivity index (χ1n) is 9.66. The van der Waals surface area contributed by atoms with Crippen LogP contribution in [0.15, 0.2) is 42.7 Å². The van der Waals surface area contributed by atoms with Gasteiger partial charge in [-0.3, -0.25) is 4.79 Å². The molecule has 2 fully saturated rings. The van der Waals surface area contributed by atoms with E-state index in [2.05, 4.69) is 34.3 Å². The maximum atomic E-state index is 12.8. The lowest BCUT2D eigenvalue weighted by molar-refractivity contribution is 0.0191. The molecule has 2 aromatic rings. The van der Waals surface area contributed by atoms with Crippen LogP contribution in [0, 0.1) is 5.41 Å². The minimum absolute atomic E-state index is 0.0287. The zero-order valence-corrected chi connectivity index (χ0v) is 15.7. The molecule has 3 heterocycles. The average Bonchev–Trinajstić information content (AvgIpc) is 3.12. The van der Waals surface area contributed by atoms with E-state index in [0.717, 1.165) is 45.6 Å². The van der Waals surface area contributed by atoms with Crippen LogP contribution in [0.4, 0.5) is 5.95 Å². The average molecular weight is 366 g/mol. The summed E-state index contributed by atoms with van der Waals surface area (Å²) >= 11 is 0. The zero-order chi connectivity index (χ0) is 18.7. The van der Waals surface area contributed by atoms with Crippen molar-refractivity contribution in [3.8, 4) is 0 Å². The number of hydrogen-bond acceptors (Lipinski definition) is 5. The molecular formula is C21H26N4O2. The monoisotopic (exact) mass is 366 g/mol. The van der Waals surface area contributed by atoms with Crippen LogP contribution in [0.2, 0.25) is 0 Å². The van der Waals surface area contributed by atoms with E-state index in [1.807, 2.05) is 23.1 Å². The van der Waals surface area contributed by atoms with Gasteiger partial charge in [-0.2, -0.15) is 0 Å². The Bertz CT molecular complexity index is 773. The summed E-state index contributed by atoms with van der Waals surface area (Å²) in [4.78, 5) is 23.5. The zero-order valence-electron chi connectivity index (χ0n) is 15.7. The van der Waals surface area contributed by atoms with Crippen LogP contribution in [0.3, 0.4) is 0 Å². The van der Waals surface area contributed by atoms with Gasteiger partial charge in [0.2, 0.25) is 5.95 Å². The maximum Gasteiger partial charge on any atom is 0.257 e. The molecule has 6 nitrogen and oxygen atoms in total. The molecule has 6 heteroatoms. The van der Waals surface area contributed by atoms with Gasteiger partial charge in [-0.25, -0.2) is 9.97 Å². The number of carbonyl (C=O) groups is 1. The van der Waals surface area contributed by atoms with E-state index in [4.69, 9.17) is 4.74 Å². The number of hydrogen-bond donors (Lipinski definition) is 1. The molecule has 0 radical (unpaired) electrons. The quantitative estimate of drug-likeness (QED) is 0.899. The van der Waals surface area contributed by atoms with E-state index in [1.165, 1.54) is 5.56 Å². The molecule has 2 aliphatic heterocycles. The molecule has 2 saturated heterocycles. The van der Waals surface area contributed by atoms with Crippen LogP contribution in [-0.2, 0) is 4.74 Å². The third-order valence-corrected chi connectivity index (χ3v) is 5.82. The number of nitrogens with zero attached hydrogens (tertiary/aromatic N) is 3. The van der Waals surface area contributed by atoms with Crippen LogP contribution in [0.1, 0.15) is 48.1 Å². The molecule has 1 unspecified atom stereocenters. The molecule has 27 heavy (non-hydrogen) atoms. The molecule has 0 aliphatic carbocycles. The molecule has 142 valence electrons. The number of nitrogens with one attached hydrogen (secondary N) is 1. The SMILES string of the molecule is CC(Nc1ncc(C(=O)N2CCC3(CCOCC3)C2)cn1)c1ccccc1. The number of carbonyl (C=O) groups excluding carboxylic acids is 1. The first kappa shape index (κ1) is 17.9. The summed E-state index contributed by atoms with van der Waals surface area (Å²) in [7, 11) is 0. The molecular weight excluding hydrogens is 340 g/mol. The van der Waals surface area contributed by atoms with Crippen molar-refractivity contribution in [3.05, 3.63) is 53.9 Å². The Labute approximate surface area is 160 Å². The third-order valence-electron chi connectivity index (χ3n) is 5.82. The Hall–Kier alpha value is -2.47. The van der Waals surface area contributed by atoms with Crippen LogP contribution >= 0.6 is 0 Å². The van der Waals surface area contributed by atoms with E-state index in [0.29, 0.717) is 11.5 Å². The Morgan fingerprint density at radius 2 is 1.85 bits per heavy atom. The fourth-order valence-corrected chi connectivity index (χ4v) is 4.04. The summed E-state index contributed by atoms with van der Waals surface area (Å²) in [5.41, 5.74) is 1.97. The Morgan fingerprint density at radius 3 is 2.56 bits per heavy atom. The number of anilines is 1. The Kier molecular flexibility index (Phi) is 5.07. The van der Waals surface area contributed by atoms with Gasteiger partial charge in [0, 0.05) is 38.7 Å². The number of likely N-dealkylation sites (tertiary alicyclic amines) is 1. The summed E-state index contributed by atoms with van der Waals surface area (Å²) in [6.07, 6.45) is 6.42. The molecule has 0 saturated carbocycles. The Balaban J connectivity index is 1.38. The molecule has 1 aromatic heterocycles. The van der Waals surface area contributed by atoms with Gasteiger partial charge in [0.05, 0.1) is 11.6 Å². The van der Waals surface area contributed by atoms with Crippen LogP contribution < -0.4 is 5.32 Å². The molecule has 1 spiro atoms. The second kappa shape index (κ2) is 7.64. The highest BCUT2D eigenvalue weighted by Gasteiger charge is 2.41. The van der Waals surface area contributed by atoms with E-state index >= 15 is 0 Å². The molecule has 1 atom stereocenters. The van der Waals surface area contributed by atoms with Gasteiger partial charge in [-0.1, -0.05) is 30.3 Å². The molecule has 1 N–H and O–H groups in total. The van der Waals surface area contributed by atoms with Gasteiger partial charge in [0.25, 0.3) is 5.91 Å². The second-order valence-corrected chi connectivity index (χ2v) is 7.66. The van der Waals surface area contributed by atoms with Crippen LogP contribution in [0.25, 0.3) is 0 Å². The van der Waals surface area contributed by atoms with Crippen LogP contribution in [-0.4, -0.2) is 47.1 Å². The topological polar surface area (TPSA) is 67.4 Å². The minimum atomic E-state index is 0.0287. The van der Waals surface area contributed by atoms with Crippen molar-refractivity contribution < 1.29 is 9.53 Å². The van der Waals surface area contributed by atoms with E-state index in [-0.39, 0.29) is 17.4 Å². The fourth-order valence-electron chi connectivity index (χ4n) is 4.04. The van der Waals surface area contributed by atoms with Crippen molar-refractivity contribution >= 4 is 11.9 Å². The summed E-state index contributed by atoms with van der Waals surface area (Å²) in [5, 5.41) is 3.28. The maximum absolute atomic E-state index is 12.8. The van der Waals surface area contributed by atoms with Crippen LogP contribution in [0.5, 0.6) is 0 Å². The Morgan fingerprint density at radius 1 is 1.15 bits per heavy atom. The summed E-state index contributed by atoms with van der Waals surface area (Å²) in [6, 6.07) is 10.2. The minimum Gasteiger partial charge on any atom is -0.381 e. The highest BCUT2D eigenvalue weighted by Crippen LogP contribution is 2.40. The second-order valence-electron chi connectivity index (χ2n) is 7.66. The van der Waals surface area contributed by atoms with Gasteiger partial charge in [0.1, 0.15) is 0 Å². The standard InChI is InChI=1S/C21H26N4O2/c1-16(17-5-3-2-4-6-17)24-20-22-13-18(14-23-20)19(26)25-10-7-21(15-25)8-11-27-12-9-21/h2-6,13-14,16H,7-12,15H2,1H3,(H,22,23,24). The smallest absolute Gasteiger partial charge is 0.257 e. The van der Waals surface area contributed by atoms with Gasteiger partial charge in [-0.05, 0) is 37.2 Å². The summed E-state index contributed by atoms with van der Waals surface area (Å²) in [5.74, 6) is 0.561. The number of benzene rings is 1. The van der Waals surface area contributed by atoms with Gasteiger partial charge in [-0.15, -0.1) is 0 Å². The lowest BCUT2D eigenvalue weighted by Gasteiger charge is -2.33. The summed E-state index contributed by atoms with van der Waals surface area (Å²) in [6.45, 7) is 5.32. The number of aromatic nitrogens is 2. The first-order chi connectivity index (χ1) is 13.2. The number of rotatable bonds is 4. The van der Waals surface area contributed by atoms with Crippen molar-refractivity contribution in [3.63, 3.8) is 0 Å². The predicted octanol–water partition coefficient (Wildman–Crippen LogP) is 3.29. The lowest BCUT2D eigenvalue weighted by Crippen LogP contribution is -2.35. The molecule has 1 amide bonds. The largest absolute Gasteiger partial charge is 0.381 e. The predicted molar refractivity (Wildman–Crippen MR) is 104 cm³/mol. The number of ether oxygens (including phenoxy) is 1. The van der Waals surface area contributed by atoms with Gasteiger partial charge >= 0.3 is 0 Å². The first-order valence-corrected chi connectivity index (χ1v) is 9.66. The van der Waals surface area contributed by atoms with E-state index in [1.54, 1.807) is 12.4 Å². The van der Waals surface area contributed by atoms with Crippen molar-refractivity contribution in [1.29, 1.82) is 0 Å². The van der Waals surface area contributed by atoms with Crippen molar-refractivity contribution in [2.45, 2.75) is 32.2 Å². The molecule has 0 bridgehead atoms. The van der Waals surface area contributed by atoms with Crippen molar-refractivity contribution in [2.75, 3.05) is 31.6 Å². The lowest BCUT2D eigenvalue weighted by atomic mass is 9.80. The third kappa shape index (κ3) is 3.95. The molecule has 1 aromatic carbocycles. The highest BCUT2D eigenvalue weighted by atomic mass is 16.5. The van der Waals surface area contributed by atoms with Gasteiger partial charge in [0.15, 0.2) is 0 Å². The molecule has 4 rings (SSSR count). The number of amides is 1. The normalized spacial score (nSPS) is 19.8. The fraction of sp³-hybridized carbons (Fsp3) is 0.476. The van der Waals surface area contributed by atoms with Gasteiger partial charge < -0.3 is 15.0 Å². The van der Waals surface area contributed by atoms with E-state index in [9.17, 15) is 4.79 Å². The van der Waals surface area contributed by atoms with E-state index < -0.39 is 0 Å². The van der Waals surface area contributed by atoms with Crippen molar-refractivity contribution in [2.24, 2.45) is 5.41 Å². The highest BCUT2D eigenvalue weighted by molar-refractivity contribution is 5.94.